The zero-order valence-electron chi connectivity index (χ0n) is 13.3. The first kappa shape index (κ1) is 16.4. The summed E-state index contributed by atoms with van der Waals surface area (Å²) in [5, 5.41) is 13.9. The van der Waals surface area contributed by atoms with Crippen LogP contribution in [0.1, 0.15) is 13.3 Å². The summed E-state index contributed by atoms with van der Waals surface area (Å²) in [4.78, 5) is 13.8. The number of sulfonamides is 1. The van der Waals surface area contributed by atoms with Crippen LogP contribution >= 0.6 is 0 Å². The lowest BCUT2D eigenvalue weighted by molar-refractivity contribution is -0.148. The summed E-state index contributed by atoms with van der Waals surface area (Å²) in [5.41, 5.74) is -1.00. The second-order valence-electron chi connectivity index (χ2n) is 6.55. The second kappa shape index (κ2) is 5.57. The molecule has 0 spiro atoms. The van der Waals surface area contributed by atoms with Crippen molar-refractivity contribution < 1.29 is 18.3 Å². The van der Waals surface area contributed by atoms with E-state index in [1.165, 1.54) is 21.3 Å². The predicted octanol–water partition coefficient (Wildman–Crippen LogP) is -0.0700. The highest BCUT2D eigenvalue weighted by atomic mass is 32.2. The van der Waals surface area contributed by atoms with Crippen molar-refractivity contribution in [3.05, 3.63) is 12.3 Å². The molecule has 2 fully saturated rings. The Balaban J connectivity index is 1.92. The highest BCUT2D eigenvalue weighted by Crippen LogP contribution is 2.43. The molecule has 0 amide bonds. The molecule has 9 heteroatoms. The average molecular weight is 342 g/mol. The minimum atomic E-state index is -3.73. The summed E-state index contributed by atoms with van der Waals surface area (Å²) in [5.74, 6) is -1.09. The first-order chi connectivity index (χ1) is 10.8. The van der Waals surface area contributed by atoms with Crippen LogP contribution in [0.3, 0.4) is 0 Å². The molecule has 0 unspecified atom stereocenters. The summed E-state index contributed by atoms with van der Waals surface area (Å²) < 4.78 is 28.7. The van der Waals surface area contributed by atoms with E-state index in [2.05, 4.69) is 5.10 Å². The lowest BCUT2D eigenvalue weighted by atomic mass is 9.81. The molecule has 128 valence electrons. The molecule has 1 N–H and O–H groups in total. The van der Waals surface area contributed by atoms with Crippen LogP contribution < -0.4 is 0 Å². The molecule has 0 bridgehead atoms. The molecule has 0 radical (unpaired) electrons. The lowest BCUT2D eigenvalue weighted by Crippen LogP contribution is -2.41. The number of carboxylic acids is 1. The van der Waals surface area contributed by atoms with Gasteiger partial charge in [-0.2, -0.15) is 9.40 Å². The van der Waals surface area contributed by atoms with Crippen LogP contribution in [-0.4, -0.2) is 71.7 Å². The SMILES string of the molecule is CCCn1nccc1S(=O)(=O)N1C[C@H]2CN(C)C[C@@]2(C(=O)O)C1. The van der Waals surface area contributed by atoms with E-state index in [9.17, 15) is 18.3 Å². The summed E-state index contributed by atoms with van der Waals surface area (Å²) in [6, 6.07) is 1.48. The Hall–Kier alpha value is -1.45. The largest absolute Gasteiger partial charge is 0.481 e. The molecular weight excluding hydrogens is 320 g/mol. The number of hydrogen-bond acceptors (Lipinski definition) is 5. The van der Waals surface area contributed by atoms with Crippen molar-refractivity contribution >= 4 is 16.0 Å². The molecule has 2 saturated heterocycles. The van der Waals surface area contributed by atoms with Gasteiger partial charge in [0.2, 0.25) is 0 Å². The molecule has 2 atom stereocenters. The molecule has 0 aliphatic carbocycles. The van der Waals surface area contributed by atoms with Gasteiger partial charge in [-0.25, -0.2) is 8.42 Å². The Kier molecular flexibility index (Phi) is 3.97. The Bertz CT molecular complexity index is 716. The van der Waals surface area contributed by atoms with Crippen LogP contribution in [0.4, 0.5) is 0 Å². The number of nitrogens with zero attached hydrogens (tertiary/aromatic N) is 4. The van der Waals surface area contributed by atoms with E-state index in [0.717, 1.165) is 6.42 Å². The van der Waals surface area contributed by atoms with Crippen molar-refractivity contribution in [3.8, 4) is 0 Å². The first-order valence-corrected chi connectivity index (χ1v) is 9.19. The summed E-state index contributed by atoms with van der Waals surface area (Å²) in [6.45, 7) is 3.73. The van der Waals surface area contributed by atoms with Crippen molar-refractivity contribution in [2.75, 3.05) is 33.2 Å². The third kappa shape index (κ3) is 2.47. The van der Waals surface area contributed by atoms with Gasteiger partial charge in [0.25, 0.3) is 10.0 Å². The molecule has 0 saturated carbocycles. The van der Waals surface area contributed by atoms with Crippen LogP contribution in [-0.2, 0) is 21.4 Å². The van der Waals surface area contributed by atoms with Gasteiger partial charge in [-0.3, -0.25) is 9.48 Å². The molecule has 2 aliphatic heterocycles. The number of carbonyl (C=O) groups is 1. The molecule has 3 heterocycles. The van der Waals surface area contributed by atoms with E-state index < -0.39 is 21.4 Å². The topological polar surface area (TPSA) is 95.7 Å². The van der Waals surface area contributed by atoms with Gasteiger partial charge in [0, 0.05) is 38.6 Å². The minimum absolute atomic E-state index is 0.0248. The van der Waals surface area contributed by atoms with E-state index in [4.69, 9.17) is 0 Å². The maximum absolute atomic E-state index is 12.9. The minimum Gasteiger partial charge on any atom is -0.481 e. The van der Waals surface area contributed by atoms with E-state index in [1.54, 1.807) is 0 Å². The van der Waals surface area contributed by atoms with Gasteiger partial charge in [-0.1, -0.05) is 6.92 Å². The van der Waals surface area contributed by atoms with Crippen molar-refractivity contribution in [3.63, 3.8) is 0 Å². The first-order valence-electron chi connectivity index (χ1n) is 7.75. The van der Waals surface area contributed by atoms with Crippen LogP contribution in [0, 0.1) is 11.3 Å². The fourth-order valence-electron chi connectivity index (χ4n) is 3.81. The molecule has 23 heavy (non-hydrogen) atoms. The maximum Gasteiger partial charge on any atom is 0.312 e. The van der Waals surface area contributed by atoms with Crippen molar-refractivity contribution in [1.29, 1.82) is 0 Å². The fourth-order valence-corrected chi connectivity index (χ4v) is 5.49. The van der Waals surface area contributed by atoms with Crippen molar-refractivity contribution in [2.45, 2.75) is 24.9 Å². The van der Waals surface area contributed by atoms with Gasteiger partial charge < -0.3 is 10.0 Å². The van der Waals surface area contributed by atoms with Gasteiger partial charge in [-0.05, 0) is 19.5 Å². The summed E-state index contributed by atoms with van der Waals surface area (Å²) in [7, 11) is -1.85. The van der Waals surface area contributed by atoms with Gasteiger partial charge in [-0.15, -0.1) is 0 Å². The molecular formula is C14H22N4O4S. The van der Waals surface area contributed by atoms with Gasteiger partial charge in [0.1, 0.15) is 0 Å². The highest BCUT2D eigenvalue weighted by molar-refractivity contribution is 7.89. The van der Waals surface area contributed by atoms with Crippen molar-refractivity contribution in [1.82, 2.24) is 19.0 Å². The van der Waals surface area contributed by atoms with E-state index in [0.29, 0.717) is 19.6 Å². The predicted molar refractivity (Wildman–Crippen MR) is 82.3 cm³/mol. The molecule has 1 aromatic heterocycles. The van der Waals surface area contributed by atoms with Crippen LogP contribution in [0.2, 0.25) is 0 Å². The number of hydrogen-bond donors (Lipinski definition) is 1. The second-order valence-corrected chi connectivity index (χ2v) is 8.43. The standard InChI is InChI=1S/C14H22N4O4S/c1-3-6-18-12(4-5-15-18)23(21,22)17-8-11-7-16(2)9-14(11,10-17)13(19)20/h4-5,11H,3,6-10H2,1-2H3,(H,19,20)/t11-,14-/m1/s1. The fraction of sp³-hybridized carbons (Fsp3) is 0.714. The van der Waals surface area contributed by atoms with Crippen LogP contribution in [0.15, 0.2) is 17.3 Å². The number of rotatable bonds is 5. The molecule has 3 rings (SSSR count). The maximum atomic E-state index is 12.9. The van der Waals surface area contributed by atoms with E-state index in [1.807, 2.05) is 18.9 Å². The Morgan fingerprint density at radius 1 is 1.43 bits per heavy atom. The third-order valence-electron chi connectivity index (χ3n) is 4.89. The van der Waals surface area contributed by atoms with E-state index in [-0.39, 0.29) is 24.0 Å². The Labute approximate surface area is 135 Å². The monoisotopic (exact) mass is 342 g/mol. The number of carboxylic acid groups (broad SMARTS) is 1. The van der Waals surface area contributed by atoms with Gasteiger partial charge >= 0.3 is 5.97 Å². The Morgan fingerprint density at radius 2 is 2.17 bits per heavy atom. The normalized spacial score (nSPS) is 29.0. The molecule has 0 aromatic carbocycles. The van der Waals surface area contributed by atoms with Gasteiger partial charge in [0.05, 0.1) is 11.6 Å². The quantitative estimate of drug-likeness (QED) is 0.805. The highest BCUT2D eigenvalue weighted by Gasteiger charge is 2.59. The number of aryl methyl sites for hydroxylation is 1. The number of aromatic nitrogens is 2. The zero-order chi connectivity index (χ0) is 16.8. The number of aliphatic carboxylic acids is 1. The van der Waals surface area contributed by atoms with E-state index >= 15 is 0 Å². The lowest BCUT2D eigenvalue weighted by Gasteiger charge is -2.24. The average Bonchev–Trinajstić information content (AvgIpc) is 3.11. The number of likely N-dealkylation sites (tertiary alicyclic amines) is 1. The summed E-state index contributed by atoms with van der Waals surface area (Å²) >= 11 is 0. The third-order valence-corrected chi connectivity index (χ3v) is 6.72. The zero-order valence-corrected chi connectivity index (χ0v) is 14.2. The number of fused-ring (bicyclic) bond motifs is 1. The molecule has 1 aromatic rings. The van der Waals surface area contributed by atoms with Crippen LogP contribution in [0.25, 0.3) is 0 Å². The Morgan fingerprint density at radius 3 is 2.78 bits per heavy atom. The van der Waals surface area contributed by atoms with Crippen LogP contribution in [0.5, 0.6) is 0 Å². The molecule has 8 nitrogen and oxygen atoms in total. The smallest absolute Gasteiger partial charge is 0.312 e. The molecule has 2 aliphatic rings. The van der Waals surface area contributed by atoms with Gasteiger partial charge in [0.15, 0.2) is 5.03 Å². The summed E-state index contributed by atoms with van der Waals surface area (Å²) in [6.07, 6.45) is 2.25. The van der Waals surface area contributed by atoms with Crippen molar-refractivity contribution in [2.24, 2.45) is 11.3 Å².